The van der Waals surface area contributed by atoms with Crippen LogP contribution in [0.15, 0.2) is 46.0 Å². The van der Waals surface area contributed by atoms with Gasteiger partial charge in [-0.25, -0.2) is 4.79 Å². The Morgan fingerprint density at radius 1 is 1.24 bits per heavy atom. The van der Waals surface area contributed by atoms with Gasteiger partial charge in [0.15, 0.2) is 0 Å². The number of hydrogen-bond donors (Lipinski definition) is 2. The lowest BCUT2D eigenvalue weighted by molar-refractivity contribution is -0.125. The highest BCUT2D eigenvalue weighted by atomic mass is 32.2. The Kier molecular flexibility index (Phi) is 5.49. The summed E-state index contributed by atoms with van der Waals surface area (Å²) < 4.78 is 5.58. The standard InChI is InChI=1S/C17H18N4O3S/c1-11-13(15(22)19-16(23)18-11)10-14-20-21-17(24-14)25-9-5-8-12-6-3-2-4-7-12/h2-8,11,13H,9-10H2,1H3,(H2,18,19,22,23)/b8-5+. The summed E-state index contributed by atoms with van der Waals surface area (Å²) in [6.07, 6.45) is 4.34. The summed E-state index contributed by atoms with van der Waals surface area (Å²) >= 11 is 1.43. The molecule has 0 bridgehead atoms. The zero-order valence-electron chi connectivity index (χ0n) is 13.6. The van der Waals surface area contributed by atoms with Crippen molar-refractivity contribution in [2.45, 2.75) is 24.6 Å². The molecule has 8 heteroatoms. The first-order valence-corrected chi connectivity index (χ1v) is 8.88. The average molecular weight is 358 g/mol. The summed E-state index contributed by atoms with van der Waals surface area (Å²) in [4.78, 5) is 23.1. The first-order chi connectivity index (χ1) is 12.1. The first kappa shape index (κ1) is 17.2. The van der Waals surface area contributed by atoms with Crippen LogP contribution in [0.2, 0.25) is 0 Å². The van der Waals surface area contributed by atoms with Gasteiger partial charge in [-0.15, -0.1) is 10.2 Å². The zero-order valence-corrected chi connectivity index (χ0v) is 14.5. The third-order valence-electron chi connectivity index (χ3n) is 3.79. The predicted molar refractivity (Wildman–Crippen MR) is 93.8 cm³/mol. The van der Waals surface area contributed by atoms with E-state index in [0.717, 1.165) is 5.56 Å². The van der Waals surface area contributed by atoms with Crippen LogP contribution in [-0.4, -0.2) is 33.9 Å². The molecule has 1 aromatic carbocycles. The molecule has 7 nitrogen and oxygen atoms in total. The highest BCUT2D eigenvalue weighted by molar-refractivity contribution is 7.99. The number of thioether (sulfide) groups is 1. The SMILES string of the molecule is CC1NC(=O)NC(=O)C1Cc1nnc(SC/C=C/c2ccccc2)o1. The number of nitrogens with one attached hydrogen (secondary N) is 2. The Morgan fingerprint density at radius 2 is 2.04 bits per heavy atom. The summed E-state index contributed by atoms with van der Waals surface area (Å²) in [6.45, 7) is 1.78. The van der Waals surface area contributed by atoms with E-state index in [1.54, 1.807) is 6.92 Å². The van der Waals surface area contributed by atoms with Gasteiger partial charge in [0.25, 0.3) is 5.22 Å². The predicted octanol–water partition coefficient (Wildman–Crippen LogP) is 2.26. The van der Waals surface area contributed by atoms with Crippen LogP contribution < -0.4 is 10.6 Å². The van der Waals surface area contributed by atoms with Gasteiger partial charge in [0.2, 0.25) is 11.8 Å². The fraction of sp³-hybridized carbons (Fsp3) is 0.294. The van der Waals surface area contributed by atoms with Crippen molar-refractivity contribution in [2.75, 3.05) is 5.75 Å². The van der Waals surface area contributed by atoms with E-state index >= 15 is 0 Å². The molecule has 1 fully saturated rings. The van der Waals surface area contributed by atoms with Crippen LogP contribution in [0, 0.1) is 5.92 Å². The van der Waals surface area contributed by atoms with Gasteiger partial charge in [0, 0.05) is 18.2 Å². The number of aromatic nitrogens is 2. The molecule has 1 saturated heterocycles. The molecule has 2 atom stereocenters. The lowest BCUT2D eigenvalue weighted by Crippen LogP contribution is -2.57. The number of carbonyl (C=O) groups excluding carboxylic acids is 2. The molecule has 0 spiro atoms. The van der Waals surface area contributed by atoms with E-state index in [9.17, 15) is 9.59 Å². The molecule has 3 rings (SSSR count). The number of benzene rings is 1. The fourth-order valence-electron chi connectivity index (χ4n) is 2.48. The van der Waals surface area contributed by atoms with Gasteiger partial charge >= 0.3 is 6.03 Å². The second kappa shape index (κ2) is 7.98. The third kappa shape index (κ3) is 4.69. The van der Waals surface area contributed by atoms with E-state index < -0.39 is 11.9 Å². The zero-order chi connectivity index (χ0) is 17.6. The number of amides is 3. The lowest BCUT2D eigenvalue weighted by Gasteiger charge is -2.27. The molecule has 2 unspecified atom stereocenters. The summed E-state index contributed by atoms with van der Waals surface area (Å²) in [5.41, 5.74) is 1.13. The molecule has 2 N–H and O–H groups in total. The van der Waals surface area contributed by atoms with Crippen LogP contribution in [0.5, 0.6) is 0 Å². The highest BCUT2D eigenvalue weighted by Gasteiger charge is 2.33. The van der Waals surface area contributed by atoms with E-state index in [-0.39, 0.29) is 11.9 Å². The van der Waals surface area contributed by atoms with Crippen molar-refractivity contribution >= 4 is 29.8 Å². The molecular weight excluding hydrogens is 340 g/mol. The Morgan fingerprint density at radius 3 is 2.80 bits per heavy atom. The minimum atomic E-state index is -0.472. The van der Waals surface area contributed by atoms with Crippen LogP contribution >= 0.6 is 11.8 Å². The van der Waals surface area contributed by atoms with Crippen molar-refractivity contribution in [3.63, 3.8) is 0 Å². The van der Waals surface area contributed by atoms with Crippen molar-refractivity contribution in [3.8, 4) is 0 Å². The Balaban J connectivity index is 1.51. The van der Waals surface area contributed by atoms with E-state index in [0.29, 0.717) is 23.3 Å². The highest BCUT2D eigenvalue weighted by Crippen LogP contribution is 2.20. The molecular formula is C17H18N4O3S. The topological polar surface area (TPSA) is 97.1 Å². The first-order valence-electron chi connectivity index (χ1n) is 7.90. The number of nitrogens with zero attached hydrogens (tertiary/aromatic N) is 2. The maximum Gasteiger partial charge on any atom is 0.321 e. The number of hydrogen-bond acceptors (Lipinski definition) is 6. The molecule has 0 radical (unpaired) electrons. The molecule has 3 amide bonds. The summed E-state index contributed by atoms with van der Waals surface area (Å²) in [7, 11) is 0. The molecule has 130 valence electrons. The van der Waals surface area contributed by atoms with E-state index in [4.69, 9.17) is 4.42 Å². The Labute approximate surface area is 149 Å². The quantitative estimate of drug-likeness (QED) is 0.769. The fourth-order valence-corrected chi connectivity index (χ4v) is 3.07. The van der Waals surface area contributed by atoms with Gasteiger partial charge in [-0.1, -0.05) is 54.2 Å². The molecule has 2 heterocycles. The minimum Gasteiger partial charge on any atom is -0.416 e. The third-order valence-corrected chi connectivity index (χ3v) is 4.56. The number of rotatable bonds is 6. The van der Waals surface area contributed by atoms with Crippen molar-refractivity contribution in [1.82, 2.24) is 20.8 Å². The molecule has 25 heavy (non-hydrogen) atoms. The van der Waals surface area contributed by atoms with Gasteiger partial charge in [-0.3, -0.25) is 10.1 Å². The van der Waals surface area contributed by atoms with Crippen LogP contribution in [-0.2, 0) is 11.2 Å². The second-order valence-electron chi connectivity index (χ2n) is 5.65. The van der Waals surface area contributed by atoms with Crippen molar-refractivity contribution in [2.24, 2.45) is 5.92 Å². The normalized spacial score (nSPS) is 20.5. The van der Waals surface area contributed by atoms with Crippen LogP contribution in [0.25, 0.3) is 6.08 Å². The molecule has 0 saturated carbocycles. The summed E-state index contributed by atoms with van der Waals surface area (Å²) in [5, 5.41) is 13.3. The van der Waals surface area contributed by atoms with Crippen molar-refractivity contribution < 1.29 is 14.0 Å². The molecule has 0 aliphatic carbocycles. The maximum atomic E-state index is 11.9. The molecule has 1 aliphatic heterocycles. The van der Waals surface area contributed by atoms with Crippen molar-refractivity contribution in [3.05, 3.63) is 47.9 Å². The van der Waals surface area contributed by atoms with Gasteiger partial charge in [-0.2, -0.15) is 0 Å². The molecule has 1 aliphatic rings. The van der Waals surface area contributed by atoms with Crippen LogP contribution in [0.1, 0.15) is 18.4 Å². The summed E-state index contributed by atoms with van der Waals surface area (Å²) in [5.74, 6) is 0.341. The molecule has 2 aromatic rings. The van der Waals surface area contributed by atoms with Gasteiger partial charge in [-0.05, 0) is 12.5 Å². The molecule has 1 aromatic heterocycles. The second-order valence-corrected chi connectivity index (χ2v) is 6.62. The van der Waals surface area contributed by atoms with Gasteiger partial charge in [0.1, 0.15) is 0 Å². The van der Waals surface area contributed by atoms with Crippen LogP contribution in [0.4, 0.5) is 4.79 Å². The Bertz CT molecular complexity index is 775. The van der Waals surface area contributed by atoms with E-state index in [1.165, 1.54) is 11.8 Å². The number of carbonyl (C=O) groups is 2. The lowest BCUT2D eigenvalue weighted by atomic mass is 9.95. The Hall–Kier alpha value is -2.61. The van der Waals surface area contributed by atoms with Gasteiger partial charge < -0.3 is 9.73 Å². The smallest absolute Gasteiger partial charge is 0.321 e. The monoisotopic (exact) mass is 358 g/mol. The van der Waals surface area contributed by atoms with E-state index in [1.807, 2.05) is 42.5 Å². The largest absolute Gasteiger partial charge is 0.416 e. The van der Waals surface area contributed by atoms with Crippen LogP contribution in [0.3, 0.4) is 0 Å². The minimum absolute atomic E-state index is 0.280. The van der Waals surface area contributed by atoms with E-state index in [2.05, 4.69) is 20.8 Å². The number of urea groups is 1. The average Bonchev–Trinajstić information content (AvgIpc) is 3.03. The summed E-state index contributed by atoms with van der Waals surface area (Å²) in [6, 6.07) is 9.26. The van der Waals surface area contributed by atoms with Crippen molar-refractivity contribution in [1.29, 1.82) is 0 Å². The maximum absolute atomic E-state index is 11.9. The number of imide groups is 1. The van der Waals surface area contributed by atoms with Gasteiger partial charge in [0.05, 0.1) is 5.92 Å².